The van der Waals surface area contributed by atoms with Crippen molar-refractivity contribution in [2.24, 2.45) is 0 Å². The molecule has 0 bridgehead atoms. The van der Waals surface area contributed by atoms with E-state index in [1.54, 1.807) is 0 Å². The number of rotatable bonds is 4. The van der Waals surface area contributed by atoms with E-state index in [4.69, 9.17) is 10.2 Å². The van der Waals surface area contributed by atoms with Crippen LogP contribution in [0.15, 0.2) is 6.20 Å². The Balaban J connectivity index is 3.12. The molecule has 0 unspecified atom stereocenters. The van der Waals surface area contributed by atoms with Crippen LogP contribution >= 0.6 is 0 Å². The van der Waals surface area contributed by atoms with E-state index in [2.05, 4.69) is 5.10 Å². The van der Waals surface area contributed by atoms with Crippen molar-refractivity contribution in [3.8, 4) is 0 Å². The van der Waals surface area contributed by atoms with Crippen molar-refractivity contribution in [3.05, 3.63) is 17.5 Å². The van der Waals surface area contributed by atoms with Crippen molar-refractivity contribution in [2.75, 3.05) is 0 Å². The van der Waals surface area contributed by atoms with Crippen molar-refractivity contribution in [3.63, 3.8) is 0 Å². The van der Waals surface area contributed by atoms with Gasteiger partial charge >= 0.3 is 18.1 Å². The number of nitrogens with zero attached hydrogens (tertiary/aromatic N) is 2. The first-order valence-corrected chi connectivity index (χ1v) is 4.27. The summed E-state index contributed by atoms with van der Waals surface area (Å²) in [6, 6.07) is 0. The standard InChI is InChI=1S/C8H7F3N2O4/c9-8(10,11)7-4(1-5(14)15)2-13(12-7)3-6(16)17/h2H,1,3H2,(H,14,15)(H,16,17). The molecule has 6 nitrogen and oxygen atoms in total. The topological polar surface area (TPSA) is 92.4 Å². The predicted octanol–water partition coefficient (Wildman–Crippen LogP) is 0.614. The van der Waals surface area contributed by atoms with Gasteiger partial charge in [-0.3, -0.25) is 14.3 Å². The first-order chi connectivity index (χ1) is 7.70. The maximum Gasteiger partial charge on any atom is 0.435 e. The molecule has 0 aliphatic heterocycles. The van der Waals surface area contributed by atoms with Gasteiger partial charge in [-0.15, -0.1) is 0 Å². The number of hydrogen-bond donors (Lipinski definition) is 2. The maximum atomic E-state index is 12.4. The van der Waals surface area contributed by atoms with E-state index in [1.807, 2.05) is 0 Å². The van der Waals surface area contributed by atoms with Gasteiger partial charge in [-0.05, 0) is 0 Å². The Hall–Kier alpha value is -2.06. The molecule has 0 spiro atoms. The Morgan fingerprint density at radius 2 is 1.88 bits per heavy atom. The summed E-state index contributed by atoms with van der Waals surface area (Å²) in [6.07, 6.45) is -4.91. The molecule has 1 aromatic heterocycles. The zero-order valence-electron chi connectivity index (χ0n) is 8.23. The number of hydrogen-bond acceptors (Lipinski definition) is 3. The minimum atomic E-state index is -4.81. The fourth-order valence-corrected chi connectivity index (χ4v) is 1.21. The van der Waals surface area contributed by atoms with Crippen molar-refractivity contribution >= 4 is 11.9 Å². The molecular formula is C8H7F3N2O4. The number of aliphatic carboxylic acids is 2. The highest BCUT2D eigenvalue weighted by Gasteiger charge is 2.37. The normalized spacial score (nSPS) is 11.5. The van der Waals surface area contributed by atoms with Crippen LogP contribution in [0.4, 0.5) is 13.2 Å². The molecule has 0 fully saturated rings. The number of carbonyl (C=O) groups is 2. The van der Waals surface area contributed by atoms with Crippen molar-refractivity contribution < 1.29 is 33.0 Å². The van der Waals surface area contributed by atoms with E-state index in [0.717, 1.165) is 6.20 Å². The summed E-state index contributed by atoms with van der Waals surface area (Å²) in [7, 11) is 0. The average molecular weight is 252 g/mol. The lowest BCUT2D eigenvalue weighted by Crippen LogP contribution is -2.13. The van der Waals surface area contributed by atoms with Gasteiger partial charge in [0.25, 0.3) is 0 Å². The van der Waals surface area contributed by atoms with E-state index in [-0.39, 0.29) is 0 Å². The third-order valence-corrected chi connectivity index (χ3v) is 1.74. The molecule has 17 heavy (non-hydrogen) atoms. The van der Waals surface area contributed by atoms with Crippen LogP contribution in [0.2, 0.25) is 0 Å². The van der Waals surface area contributed by atoms with Gasteiger partial charge in [-0.25, -0.2) is 0 Å². The van der Waals surface area contributed by atoms with E-state index < -0.39 is 42.3 Å². The Morgan fingerprint density at radius 1 is 1.29 bits per heavy atom. The van der Waals surface area contributed by atoms with E-state index >= 15 is 0 Å². The highest BCUT2D eigenvalue weighted by Crippen LogP contribution is 2.30. The molecule has 2 N–H and O–H groups in total. The highest BCUT2D eigenvalue weighted by atomic mass is 19.4. The molecule has 94 valence electrons. The third kappa shape index (κ3) is 3.47. The number of aromatic nitrogens is 2. The number of carboxylic acids is 2. The largest absolute Gasteiger partial charge is 0.481 e. The van der Waals surface area contributed by atoms with Crippen molar-refractivity contribution in [1.29, 1.82) is 0 Å². The molecule has 1 rings (SSSR count). The zero-order chi connectivity index (χ0) is 13.2. The lowest BCUT2D eigenvalue weighted by Gasteiger charge is -2.03. The summed E-state index contributed by atoms with van der Waals surface area (Å²) in [6.45, 7) is -0.761. The molecule has 0 radical (unpaired) electrons. The average Bonchev–Trinajstić information content (AvgIpc) is 2.44. The summed E-state index contributed by atoms with van der Waals surface area (Å²) in [5.41, 5.74) is -1.94. The summed E-state index contributed by atoms with van der Waals surface area (Å²) in [5, 5.41) is 19.8. The lowest BCUT2D eigenvalue weighted by atomic mass is 10.2. The second kappa shape index (κ2) is 4.44. The van der Waals surface area contributed by atoms with Gasteiger partial charge < -0.3 is 10.2 Å². The molecule has 0 aliphatic carbocycles. The summed E-state index contributed by atoms with van der Waals surface area (Å²) >= 11 is 0. The quantitative estimate of drug-likeness (QED) is 0.819. The summed E-state index contributed by atoms with van der Waals surface area (Å²) in [5.74, 6) is -2.83. The van der Waals surface area contributed by atoms with Crippen LogP contribution in [0.25, 0.3) is 0 Å². The number of carboxylic acid groups (broad SMARTS) is 2. The second-order valence-electron chi connectivity index (χ2n) is 3.16. The van der Waals surface area contributed by atoms with Gasteiger partial charge in [0.1, 0.15) is 6.54 Å². The first kappa shape index (κ1) is 13.0. The highest BCUT2D eigenvalue weighted by molar-refractivity contribution is 5.70. The van der Waals surface area contributed by atoms with Gasteiger partial charge in [0, 0.05) is 11.8 Å². The molecule has 1 aromatic rings. The molecule has 0 amide bonds. The fraction of sp³-hybridized carbons (Fsp3) is 0.375. The fourth-order valence-electron chi connectivity index (χ4n) is 1.21. The summed E-state index contributed by atoms with van der Waals surface area (Å²) in [4.78, 5) is 20.7. The first-order valence-electron chi connectivity index (χ1n) is 4.27. The van der Waals surface area contributed by atoms with Gasteiger partial charge in [-0.1, -0.05) is 0 Å². The van der Waals surface area contributed by atoms with Crippen LogP contribution in [0.3, 0.4) is 0 Å². The van der Waals surface area contributed by atoms with Gasteiger partial charge in [0.05, 0.1) is 6.42 Å². The van der Waals surface area contributed by atoms with Crippen LogP contribution in [0, 0.1) is 0 Å². The smallest absolute Gasteiger partial charge is 0.435 e. The van der Waals surface area contributed by atoms with Gasteiger partial charge in [-0.2, -0.15) is 18.3 Å². The zero-order valence-corrected chi connectivity index (χ0v) is 8.23. The third-order valence-electron chi connectivity index (χ3n) is 1.74. The Labute approximate surface area is 92.3 Å². The second-order valence-corrected chi connectivity index (χ2v) is 3.16. The number of halogens is 3. The van der Waals surface area contributed by atoms with E-state index in [9.17, 15) is 22.8 Å². The van der Waals surface area contributed by atoms with Crippen molar-refractivity contribution in [1.82, 2.24) is 9.78 Å². The Morgan fingerprint density at radius 3 is 2.29 bits per heavy atom. The lowest BCUT2D eigenvalue weighted by molar-refractivity contribution is -0.144. The minimum Gasteiger partial charge on any atom is -0.481 e. The molecule has 0 saturated heterocycles. The van der Waals surface area contributed by atoms with Crippen LogP contribution in [-0.4, -0.2) is 31.9 Å². The van der Waals surface area contributed by atoms with E-state index in [0.29, 0.717) is 4.68 Å². The van der Waals surface area contributed by atoms with E-state index in [1.165, 1.54) is 0 Å². The van der Waals surface area contributed by atoms with Crippen LogP contribution in [-0.2, 0) is 28.7 Å². The molecule has 0 atom stereocenters. The number of alkyl halides is 3. The molecule has 9 heteroatoms. The SMILES string of the molecule is O=C(O)Cc1cn(CC(=O)O)nc1C(F)(F)F. The van der Waals surface area contributed by atoms with Crippen LogP contribution in [0.5, 0.6) is 0 Å². The van der Waals surface area contributed by atoms with Crippen molar-refractivity contribution in [2.45, 2.75) is 19.1 Å². The Kier molecular flexibility index (Phi) is 3.39. The molecular weight excluding hydrogens is 245 g/mol. The molecule has 1 heterocycles. The molecule has 0 aliphatic rings. The van der Waals surface area contributed by atoms with Gasteiger partial charge in [0.2, 0.25) is 0 Å². The predicted molar refractivity (Wildman–Crippen MR) is 46.2 cm³/mol. The van der Waals surface area contributed by atoms with Crippen LogP contribution < -0.4 is 0 Å². The summed E-state index contributed by atoms with van der Waals surface area (Å²) < 4.78 is 37.8. The minimum absolute atomic E-state index is 0.545. The maximum absolute atomic E-state index is 12.4. The van der Waals surface area contributed by atoms with Gasteiger partial charge in [0.15, 0.2) is 5.69 Å². The Bertz CT molecular complexity index is 452. The molecule has 0 saturated carbocycles. The van der Waals surface area contributed by atoms with Crippen LogP contribution in [0.1, 0.15) is 11.3 Å². The molecule has 0 aromatic carbocycles. The monoisotopic (exact) mass is 252 g/mol.